The Bertz CT molecular complexity index is 585. The molecule has 0 aliphatic rings. The van der Waals surface area contributed by atoms with Gasteiger partial charge in [0.05, 0.1) is 11.3 Å². The molecule has 0 amide bonds. The van der Waals surface area contributed by atoms with E-state index in [2.05, 4.69) is 23.9 Å². The van der Waals surface area contributed by atoms with Crippen LogP contribution in [0.25, 0.3) is 0 Å². The molecule has 2 N–H and O–H groups in total. The third kappa shape index (κ3) is 2.67. The average molecular weight is 225 g/mol. The van der Waals surface area contributed by atoms with Crippen molar-refractivity contribution in [2.75, 3.05) is 5.73 Å². The highest BCUT2D eigenvalue weighted by atomic mass is 15.3. The van der Waals surface area contributed by atoms with Crippen LogP contribution in [0.5, 0.6) is 0 Å². The van der Waals surface area contributed by atoms with Gasteiger partial charge in [-0.25, -0.2) is 0 Å². The summed E-state index contributed by atoms with van der Waals surface area (Å²) in [5.41, 5.74) is 9.29. The quantitative estimate of drug-likeness (QED) is 0.597. The van der Waals surface area contributed by atoms with Gasteiger partial charge in [0.2, 0.25) is 0 Å². The summed E-state index contributed by atoms with van der Waals surface area (Å²) in [6.45, 7) is 4.89. The molecule has 1 aromatic carbocycles. The van der Waals surface area contributed by atoms with E-state index >= 15 is 0 Å². The van der Waals surface area contributed by atoms with E-state index in [1.807, 2.05) is 42.1 Å². The number of anilines is 1. The van der Waals surface area contributed by atoms with Crippen molar-refractivity contribution in [2.45, 2.75) is 20.4 Å². The van der Waals surface area contributed by atoms with E-state index in [-0.39, 0.29) is 0 Å². The van der Waals surface area contributed by atoms with Crippen LogP contribution in [0.2, 0.25) is 0 Å². The molecule has 0 aliphatic heterocycles. The second-order valence-corrected chi connectivity index (χ2v) is 3.86. The third-order valence-electron chi connectivity index (χ3n) is 2.50. The van der Waals surface area contributed by atoms with Crippen molar-refractivity contribution >= 4 is 5.69 Å². The summed E-state index contributed by atoms with van der Waals surface area (Å²) in [6.07, 6.45) is 1.97. The number of hydrogen-bond acceptors (Lipinski definition) is 2. The van der Waals surface area contributed by atoms with Crippen LogP contribution >= 0.6 is 0 Å². The largest absolute Gasteiger partial charge is 0.399 e. The van der Waals surface area contributed by atoms with Gasteiger partial charge in [0.15, 0.2) is 0 Å². The summed E-state index contributed by atoms with van der Waals surface area (Å²) in [7, 11) is 0. The summed E-state index contributed by atoms with van der Waals surface area (Å²) in [5, 5.41) is 4.35. The zero-order valence-corrected chi connectivity index (χ0v) is 10.1. The molecular weight excluding hydrogens is 210 g/mol. The number of hydrogen-bond donors (Lipinski definition) is 1. The van der Waals surface area contributed by atoms with Crippen LogP contribution < -0.4 is 5.73 Å². The Morgan fingerprint density at radius 1 is 1.35 bits per heavy atom. The van der Waals surface area contributed by atoms with Gasteiger partial charge in [-0.1, -0.05) is 17.9 Å². The van der Waals surface area contributed by atoms with Gasteiger partial charge >= 0.3 is 0 Å². The molecular formula is C14H15N3. The highest BCUT2D eigenvalue weighted by Gasteiger charge is 1.99. The van der Waals surface area contributed by atoms with Crippen molar-refractivity contribution in [3.63, 3.8) is 0 Å². The smallest absolute Gasteiger partial charge is 0.0750 e. The second-order valence-electron chi connectivity index (χ2n) is 3.86. The van der Waals surface area contributed by atoms with Crippen LogP contribution in [0.1, 0.15) is 23.7 Å². The van der Waals surface area contributed by atoms with E-state index in [9.17, 15) is 0 Å². The fourth-order valence-corrected chi connectivity index (χ4v) is 1.56. The summed E-state index contributed by atoms with van der Waals surface area (Å²) in [5.74, 6) is 6.22. The minimum absolute atomic E-state index is 0.734. The van der Waals surface area contributed by atoms with Crippen LogP contribution in [0.3, 0.4) is 0 Å². The van der Waals surface area contributed by atoms with E-state index in [1.54, 1.807) is 0 Å². The van der Waals surface area contributed by atoms with Crippen molar-refractivity contribution in [3.05, 3.63) is 47.3 Å². The molecule has 0 saturated carbocycles. The number of nitrogens with zero attached hydrogens (tertiary/aromatic N) is 2. The molecule has 0 atom stereocenters. The fraction of sp³-hybridized carbons (Fsp3) is 0.214. The third-order valence-corrected chi connectivity index (χ3v) is 2.50. The Hall–Kier alpha value is -2.21. The van der Waals surface area contributed by atoms with Crippen LogP contribution in [0.4, 0.5) is 5.69 Å². The van der Waals surface area contributed by atoms with Crippen molar-refractivity contribution in [1.82, 2.24) is 9.78 Å². The predicted molar refractivity (Wildman–Crippen MR) is 69.5 cm³/mol. The first-order valence-electron chi connectivity index (χ1n) is 5.60. The number of aromatic nitrogens is 2. The highest BCUT2D eigenvalue weighted by molar-refractivity contribution is 5.49. The summed E-state index contributed by atoms with van der Waals surface area (Å²) in [6, 6.07) is 7.57. The first kappa shape index (κ1) is 11.3. The Labute approximate surface area is 101 Å². The molecule has 0 fully saturated rings. The molecule has 1 heterocycles. The molecule has 3 nitrogen and oxygen atoms in total. The van der Waals surface area contributed by atoms with E-state index < -0.39 is 0 Å². The van der Waals surface area contributed by atoms with Crippen molar-refractivity contribution in [2.24, 2.45) is 0 Å². The number of nitrogen functional groups attached to an aromatic ring is 1. The Morgan fingerprint density at radius 3 is 2.82 bits per heavy atom. The molecule has 0 spiro atoms. The van der Waals surface area contributed by atoms with Crippen LogP contribution in [0.15, 0.2) is 30.5 Å². The maximum absolute atomic E-state index is 5.70. The Kier molecular flexibility index (Phi) is 3.15. The van der Waals surface area contributed by atoms with Gasteiger partial charge in [-0.3, -0.25) is 4.68 Å². The van der Waals surface area contributed by atoms with Crippen LogP contribution in [-0.4, -0.2) is 9.78 Å². The monoisotopic (exact) mass is 225 g/mol. The number of benzene rings is 1. The van der Waals surface area contributed by atoms with Gasteiger partial charge in [-0.2, -0.15) is 5.10 Å². The van der Waals surface area contributed by atoms with E-state index in [1.165, 1.54) is 0 Å². The minimum Gasteiger partial charge on any atom is -0.399 e. The number of rotatable bonds is 1. The highest BCUT2D eigenvalue weighted by Crippen LogP contribution is 2.07. The first-order valence-corrected chi connectivity index (χ1v) is 5.60. The van der Waals surface area contributed by atoms with Gasteiger partial charge in [0, 0.05) is 24.0 Å². The molecule has 1 aromatic heterocycles. The minimum atomic E-state index is 0.734. The fourth-order valence-electron chi connectivity index (χ4n) is 1.56. The van der Waals surface area contributed by atoms with Crippen LogP contribution in [-0.2, 0) is 6.54 Å². The standard InChI is InChI=1S/C14H15N3/c1-3-17-10-13(11(2)16-17)8-7-12-5-4-6-14(15)9-12/h4-6,9-10H,3,15H2,1-2H3. The lowest BCUT2D eigenvalue weighted by atomic mass is 10.2. The predicted octanol–water partition coefficient (Wildman–Crippen LogP) is 2.19. The molecule has 0 unspecified atom stereocenters. The average Bonchev–Trinajstić information content (AvgIpc) is 2.68. The zero-order valence-electron chi connectivity index (χ0n) is 10.1. The van der Waals surface area contributed by atoms with Crippen molar-refractivity contribution in [3.8, 4) is 11.8 Å². The number of nitrogens with two attached hydrogens (primary N) is 1. The summed E-state index contributed by atoms with van der Waals surface area (Å²) >= 11 is 0. The van der Waals surface area contributed by atoms with Gasteiger partial charge in [0.25, 0.3) is 0 Å². The second kappa shape index (κ2) is 4.75. The summed E-state index contributed by atoms with van der Waals surface area (Å²) < 4.78 is 1.89. The van der Waals surface area contributed by atoms with Gasteiger partial charge in [-0.15, -0.1) is 0 Å². The van der Waals surface area contributed by atoms with E-state index in [0.29, 0.717) is 0 Å². The Balaban J connectivity index is 2.29. The SMILES string of the molecule is CCn1cc(C#Cc2cccc(N)c2)c(C)n1. The first-order chi connectivity index (χ1) is 8.19. The van der Waals surface area contributed by atoms with Gasteiger partial charge in [-0.05, 0) is 32.0 Å². The number of aryl methyl sites for hydroxylation is 2. The van der Waals surface area contributed by atoms with Gasteiger partial charge < -0.3 is 5.73 Å². The molecule has 17 heavy (non-hydrogen) atoms. The molecule has 0 aliphatic carbocycles. The molecule has 0 radical (unpaired) electrons. The molecule has 3 heteroatoms. The molecule has 0 saturated heterocycles. The maximum Gasteiger partial charge on any atom is 0.0750 e. The van der Waals surface area contributed by atoms with Crippen LogP contribution in [0, 0.1) is 18.8 Å². The van der Waals surface area contributed by atoms with Crippen molar-refractivity contribution < 1.29 is 0 Å². The lowest BCUT2D eigenvalue weighted by Gasteiger charge is -1.92. The lowest BCUT2D eigenvalue weighted by molar-refractivity contribution is 0.653. The van der Waals surface area contributed by atoms with Crippen molar-refractivity contribution in [1.29, 1.82) is 0 Å². The maximum atomic E-state index is 5.70. The molecule has 86 valence electrons. The van der Waals surface area contributed by atoms with E-state index in [0.717, 1.165) is 29.1 Å². The normalized spacial score (nSPS) is 9.76. The van der Waals surface area contributed by atoms with Gasteiger partial charge in [0.1, 0.15) is 0 Å². The Morgan fingerprint density at radius 2 is 2.18 bits per heavy atom. The topological polar surface area (TPSA) is 43.8 Å². The molecule has 2 aromatic rings. The lowest BCUT2D eigenvalue weighted by Crippen LogP contribution is -1.93. The zero-order chi connectivity index (χ0) is 12.3. The molecule has 2 rings (SSSR count). The van der Waals surface area contributed by atoms with E-state index in [4.69, 9.17) is 5.73 Å². The molecule has 0 bridgehead atoms. The summed E-state index contributed by atoms with van der Waals surface area (Å²) in [4.78, 5) is 0.